The third-order valence-electron chi connectivity index (χ3n) is 4.00. The summed E-state index contributed by atoms with van der Waals surface area (Å²) < 4.78 is 0. The lowest BCUT2D eigenvalue weighted by molar-refractivity contribution is -0.115. The molecular formula is C17H20N6O2. The summed E-state index contributed by atoms with van der Waals surface area (Å²) in [7, 11) is 0. The zero-order valence-corrected chi connectivity index (χ0v) is 14.0. The number of carbonyl (C=O) groups is 2. The van der Waals surface area contributed by atoms with Gasteiger partial charge in [0.05, 0.1) is 17.9 Å². The summed E-state index contributed by atoms with van der Waals surface area (Å²) in [6.07, 6.45) is 4.82. The van der Waals surface area contributed by atoms with Crippen LogP contribution in [0.25, 0.3) is 0 Å². The molecule has 1 aliphatic heterocycles. The second-order valence-corrected chi connectivity index (χ2v) is 5.93. The number of pyridine rings is 1. The van der Waals surface area contributed by atoms with Crippen LogP contribution in [0.3, 0.4) is 0 Å². The largest absolute Gasteiger partial charge is 0.323 e. The number of ketones is 1. The average Bonchev–Trinajstić information content (AvgIpc) is 2.54. The molecule has 25 heavy (non-hydrogen) atoms. The molecule has 0 aliphatic carbocycles. The van der Waals surface area contributed by atoms with Gasteiger partial charge in [0.1, 0.15) is 12.0 Å². The number of amides is 1. The molecule has 0 saturated carbocycles. The Labute approximate surface area is 145 Å². The van der Waals surface area contributed by atoms with Crippen molar-refractivity contribution in [3.05, 3.63) is 47.8 Å². The lowest BCUT2D eigenvalue weighted by Crippen LogP contribution is -2.40. The van der Waals surface area contributed by atoms with Crippen LogP contribution in [0.15, 0.2) is 30.9 Å². The molecule has 1 aliphatic rings. The molecule has 0 atom stereocenters. The predicted octanol–water partition coefficient (Wildman–Crippen LogP) is 0.489. The first-order valence-corrected chi connectivity index (χ1v) is 8.10. The maximum absolute atomic E-state index is 12.2. The molecule has 8 heteroatoms. The number of Topliss-reactive ketones (excluding diaryl/α,β-unsaturated/α-hetero) is 1. The van der Waals surface area contributed by atoms with Gasteiger partial charge in [-0.3, -0.25) is 14.6 Å². The monoisotopic (exact) mass is 340 g/mol. The zero-order chi connectivity index (χ0) is 17.6. The Bertz CT molecular complexity index is 761. The number of nitrogens with one attached hydrogen (secondary N) is 3. The lowest BCUT2D eigenvalue weighted by Gasteiger charge is -2.27. The van der Waals surface area contributed by atoms with Crippen molar-refractivity contribution in [2.24, 2.45) is 0 Å². The van der Waals surface area contributed by atoms with E-state index in [9.17, 15) is 9.59 Å². The molecule has 0 aromatic carbocycles. The summed E-state index contributed by atoms with van der Waals surface area (Å²) in [6.45, 7) is 3.78. The molecule has 8 nitrogen and oxygen atoms in total. The summed E-state index contributed by atoms with van der Waals surface area (Å²) in [5.41, 5.74) is 2.56. The third-order valence-corrected chi connectivity index (χ3v) is 4.00. The van der Waals surface area contributed by atoms with Gasteiger partial charge in [0.25, 0.3) is 0 Å². The van der Waals surface area contributed by atoms with Gasteiger partial charge in [0.2, 0.25) is 5.91 Å². The van der Waals surface area contributed by atoms with Crippen LogP contribution >= 0.6 is 0 Å². The van der Waals surface area contributed by atoms with E-state index in [1.807, 2.05) is 6.07 Å². The van der Waals surface area contributed by atoms with E-state index in [1.165, 1.54) is 13.3 Å². The Hall–Kier alpha value is -2.71. The van der Waals surface area contributed by atoms with E-state index in [-0.39, 0.29) is 23.9 Å². The molecule has 0 bridgehead atoms. The van der Waals surface area contributed by atoms with Gasteiger partial charge in [-0.25, -0.2) is 9.97 Å². The Kier molecular flexibility index (Phi) is 5.42. The molecule has 3 heterocycles. The number of rotatable bonds is 7. The molecule has 0 unspecified atom stereocenters. The van der Waals surface area contributed by atoms with Gasteiger partial charge in [0, 0.05) is 44.9 Å². The molecule has 1 amide bonds. The normalized spacial score (nSPS) is 14.0. The van der Waals surface area contributed by atoms with Gasteiger partial charge >= 0.3 is 0 Å². The summed E-state index contributed by atoms with van der Waals surface area (Å²) >= 11 is 0. The first kappa shape index (κ1) is 17.1. The minimum atomic E-state index is -0.234. The van der Waals surface area contributed by atoms with Crippen LogP contribution in [0.4, 0.5) is 5.69 Å². The van der Waals surface area contributed by atoms with Crippen molar-refractivity contribution < 1.29 is 9.59 Å². The SMILES string of the molecule is CC(=O)c1ncc(C2CNC2)cc1NC(=O)CNCc1ccncn1. The van der Waals surface area contributed by atoms with E-state index in [0.29, 0.717) is 18.2 Å². The molecule has 2 aromatic heterocycles. The second kappa shape index (κ2) is 7.91. The summed E-state index contributed by atoms with van der Waals surface area (Å²) in [6, 6.07) is 3.62. The Morgan fingerprint density at radius 1 is 1.32 bits per heavy atom. The van der Waals surface area contributed by atoms with E-state index in [0.717, 1.165) is 24.3 Å². The minimum absolute atomic E-state index is 0.108. The Morgan fingerprint density at radius 3 is 2.80 bits per heavy atom. The van der Waals surface area contributed by atoms with Crippen LogP contribution in [-0.2, 0) is 11.3 Å². The van der Waals surface area contributed by atoms with Crippen LogP contribution < -0.4 is 16.0 Å². The van der Waals surface area contributed by atoms with E-state index >= 15 is 0 Å². The highest BCUT2D eigenvalue weighted by molar-refractivity contribution is 6.02. The predicted molar refractivity (Wildman–Crippen MR) is 92.2 cm³/mol. The number of anilines is 1. The quantitative estimate of drug-likeness (QED) is 0.629. The first-order valence-electron chi connectivity index (χ1n) is 8.10. The van der Waals surface area contributed by atoms with Gasteiger partial charge in [-0.2, -0.15) is 0 Å². The van der Waals surface area contributed by atoms with Gasteiger partial charge in [-0.15, -0.1) is 0 Å². The average molecular weight is 340 g/mol. The summed E-state index contributed by atoms with van der Waals surface area (Å²) in [5.74, 6) is -0.0372. The molecule has 130 valence electrons. The third kappa shape index (κ3) is 4.43. The Morgan fingerprint density at radius 2 is 2.16 bits per heavy atom. The van der Waals surface area contributed by atoms with E-state index < -0.39 is 0 Å². The van der Waals surface area contributed by atoms with E-state index in [2.05, 4.69) is 30.9 Å². The maximum atomic E-state index is 12.2. The molecule has 1 saturated heterocycles. The fourth-order valence-electron chi connectivity index (χ4n) is 2.53. The number of hydrogen-bond acceptors (Lipinski definition) is 7. The van der Waals surface area contributed by atoms with Gasteiger partial charge in [0.15, 0.2) is 5.78 Å². The smallest absolute Gasteiger partial charge is 0.238 e. The first-order chi connectivity index (χ1) is 12.1. The number of nitrogens with zero attached hydrogens (tertiary/aromatic N) is 3. The van der Waals surface area contributed by atoms with Gasteiger partial charge < -0.3 is 16.0 Å². The Balaban J connectivity index is 1.61. The van der Waals surface area contributed by atoms with E-state index in [4.69, 9.17) is 0 Å². The van der Waals surface area contributed by atoms with Crippen LogP contribution in [0.2, 0.25) is 0 Å². The topological polar surface area (TPSA) is 109 Å². The number of carbonyl (C=O) groups excluding carboxylic acids is 2. The van der Waals surface area contributed by atoms with Crippen LogP contribution in [0, 0.1) is 0 Å². The highest BCUT2D eigenvalue weighted by Gasteiger charge is 2.21. The molecule has 1 fully saturated rings. The molecule has 2 aromatic rings. The van der Waals surface area contributed by atoms with Crippen LogP contribution in [-0.4, -0.2) is 46.3 Å². The highest BCUT2D eigenvalue weighted by Crippen LogP contribution is 2.24. The van der Waals surface area contributed by atoms with Crippen LogP contribution in [0.5, 0.6) is 0 Å². The van der Waals surface area contributed by atoms with Gasteiger partial charge in [-0.05, 0) is 17.7 Å². The second-order valence-electron chi connectivity index (χ2n) is 5.93. The zero-order valence-electron chi connectivity index (χ0n) is 14.0. The standard InChI is InChI=1S/C17H20N6O2/c1-11(24)17-15(4-12(7-21-17)13-5-19-6-13)23-16(25)9-20-8-14-2-3-18-10-22-14/h2-4,7,10,13,19-20H,5-6,8-9H2,1H3,(H,23,25). The van der Waals surface area contributed by atoms with Crippen LogP contribution in [0.1, 0.15) is 34.6 Å². The van der Waals surface area contributed by atoms with Crippen molar-refractivity contribution in [3.63, 3.8) is 0 Å². The van der Waals surface area contributed by atoms with Crippen molar-refractivity contribution in [1.29, 1.82) is 0 Å². The molecule has 0 radical (unpaired) electrons. The fraction of sp³-hybridized carbons (Fsp3) is 0.353. The fourth-order valence-corrected chi connectivity index (χ4v) is 2.53. The van der Waals surface area contributed by atoms with Crippen molar-refractivity contribution in [2.75, 3.05) is 25.0 Å². The number of aromatic nitrogens is 3. The van der Waals surface area contributed by atoms with Gasteiger partial charge in [-0.1, -0.05) is 0 Å². The molecular weight excluding hydrogens is 320 g/mol. The lowest BCUT2D eigenvalue weighted by atomic mass is 9.94. The highest BCUT2D eigenvalue weighted by atomic mass is 16.2. The summed E-state index contributed by atoms with van der Waals surface area (Å²) in [5, 5.41) is 8.99. The summed E-state index contributed by atoms with van der Waals surface area (Å²) in [4.78, 5) is 36.1. The van der Waals surface area contributed by atoms with Crippen molar-refractivity contribution in [3.8, 4) is 0 Å². The minimum Gasteiger partial charge on any atom is -0.323 e. The van der Waals surface area contributed by atoms with E-state index in [1.54, 1.807) is 18.5 Å². The van der Waals surface area contributed by atoms with Crippen molar-refractivity contribution >= 4 is 17.4 Å². The molecule has 0 spiro atoms. The maximum Gasteiger partial charge on any atom is 0.238 e. The van der Waals surface area contributed by atoms with Crippen molar-refractivity contribution in [1.82, 2.24) is 25.6 Å². The number of hydrogen-bond donors (Lipinski definition) is 3. The van der Waals surface area contributed by atoms with Crippen molar-refractivity contribution in [2.45, 2.75) is 19.4 Å². The molecule has 3 rings (SSSR count). The molecule has 3 N–H and O–H groups in total.